The Hall–Kier alpha value is -6.55. The van der Waals surface area contributed by atoms with E-state index in [1.54, 1.807) is 37.2 Å². The summed E-state index contributed by atoms with van der Waals surface area (Å²) in [5.41, 5.74) is 10.9. The number of anilines is 2. The molecule has 83 heavy (non-hydrogen) atoms. The van der Waals surface area contributed by atoms with Crippen LogP contribution in [0.15, 0.2) is 109 Å². The fourth-order valence-corrected chi connectivity index (χ4v) is 12.2. The number of imidazole rings is 2. The third-order valence-corrected chi connectivity index (χ3v) is 16.9. The second kappa shape index (κ2) is 29.3. The van der Waals surface area contributed by atoms with Crippen LogP contribution >= 0.6 is 34.3 Å². The Kier molecular flexibility index (Phi) is 22.1. The highest BCUT2D eigenvalue weighted by molar-refractivity contribution is 7.18. The summed E-state index contributed by atoms with van der Waals surface area (Å²) in [6.45, 7) is 14.3. The summed E-state index contributed by atoms with van der Waals surface area (Å²) >= 11 is 7.69. The van der Waals surface area contributed by atoms with Gasteiger partial charge in [-0.15, -0.1) is 22.7 Å². The smallest absolute Gasteiger partial charge is 0.414 e. The average molecular weight is 1220 g/mol. The van der Waals surface area contributed by atoms with Crippen LogP contribution < -0.4 is 36.6 Å². The highest BCUT2D eigenvalue weighted by Gasteiger charge is 2.40. The van der Waals surface area contributed by atoms with Crippen LogP contribution in [-0.4, -0.2) is 137 Å². The van der Waals surface area contributed by atoms with E-state index in [1.807, 2.05) is 32.3 Å². The molecule has 2 saturated carbocycles. The van der Waals surface area contributed by atoms with Gasteiger partial charge in [-0.3, -0.25) is 19.9 Å². The van der Waals surface area contributed by atoms with Crippen LogP contribution in [0.4, 0.5) is 53.0 Å². The van der Waals surface area contributed by atoms with Crippen molar-refractivity contribution in [3.63, 3.8) is 0 Å². The zero-order valence-corrected chi connectivity index (χ0v) is 47.9. The zero-order chi connectivity index (χ0) is 59.1. The highest BCUT2D eigenvalue weighted by atomic mass is 35.5. The maximum absolute atomic E-state index is 13.0. The molecule has 27 heteroatoms. The average Bonchev–Trinajstić information content (AvgIpc) is 3.88. The van der Waals surface area contributed by atoms with Crippen molar-refractivity contribution in [2.75, 3.05) is 101 Å². The lowest BCUT2D eigenvalue weighted by molar-refractivity contribution is -0.384. The molecule has 2 saturated heterocycles. The number of hydrogen-bond acceptors (Lipinski definition) is 15. The molecule has 2 aliphatic carbocycles. The van der Waals surface area contributed by atoms with Crippen LogP contribution in [0.25, 0.3) is 20.2 Å². The van der Waals surface area contributed by atoms with E-state index in [9.17, 15) is 46.0 Å². The molecule has 2 unspecified atom stereocenters. The van der Waals surface area contributed by atoms with Crippen molar-refractivity contribution in [2.24, 2.45) is 35.1 Å². The molecule has 11 rings (SSSR count). The molecule has 18 nitrogen and oxygen atoms in total. The number of aromatic nitrogens is 4. The molecule has 2 aliphatic heterocycles. The molecular formula is C56H70ClF6N13O5S2. The van der Waals surface area contributed by atoms with Crippen LogP contribution in [0.1, 0.15) is 38.2 Å². The number of nitro groups is 1. The molecule has 4 aliphatic rings. The van der Waals surface area contributed by atoms with Crippen LogP contribution in [0.3, 0.4) is 0 Å². The number of nitrogens with one attached hydrogen (secondary N) is 2. The van der Waals surface area contributed by atoms with E-state index in [0.717, 1.165) is 139 Å². The third-order valence-electron chi connectivity index (χ3n) is 15.0. The number of carbonyl (C=O) groups is 2. The van der Waals surface area contributed by atoms with Gasteiger partial charge >= 0.3 is 23.8 Å². The minimum absolute atomic E-state index is 0. The number of hydrogen-bond donors (Lipinski definition) is 4. The fourth-order valence-electron chi connectivity index (χ4n) is 10.1. The number of non-ortho nitro benzene ring substituents is 1. The number of nitrogens with zero attached hydrogens (tertiary/aromatic N) is 9. The van der Waals surface area contributed by atoms with Gasteiger partial charge < -0.3 is 45.8 Å². The maximum atomic E-state index is 13.0. The molecule has 4 atom stereocenters. The highest BCUT2D eigenvalue weighted by Crippen LogP contribution is 2.42. The quantitative estimate of drug-likeness (QED) is 0.0207. The van der Waals surface area contributed by atoms with E-state index in [-0.39, 0.29) is 18.9 Å². The van der Waals surface area contributed by atoms with Crippen molar-refractivity contribution in [2.45, 2.75) is 51.1 Å². The largest absolute Gasteiger partial charge is 0.416 e. The van der Waals surface area contributed by atoms with Gasteiger partial charge in [-0.1, -0.05) is 12.1 Å². The fraction of sp³-hybridized carbons (Fsp3) is 0.464. The first-order valence-corrected chi connectivity index (χ1v) is 29.6. The molecule has 6 N–H and O–H groups in total. The summed E-state index contributed by atoms with van der Waals surface area (Å²) < 4.78 is 87.5. The van der Waals surface area contributed by atoms with Crippen LogP contribution in [-0.2, 0) is 25.4 Å². The van der Waals surface area contributed by atoms with E-state index in [1.165, 1.54) is 77.6 Å². The number of rotatable bonds is 18. The van der Waals surface area contributed by atoms with Gasteiger partial charge in [0.2, 0.25) is 0 Å². The molecule has 7 aromatic rings. The van der Waals surface area contributed by atoms with Crippen molar-refractivity contribution < 1.29 is 47.0 Å². The van der Waals surface area contributed by atoms with E-state index < -0.39 is 33.8 Å². The summed E-state index contributed by atoms with van der Waals surface area (Å²) in [6.07, 6.45) is 6.62. The Morgan fingerprint density at radius 1 is 0.699 bits per heavy atom. The van der Waals surface area contributed by atoms with Gasteiger partial charge in [-0.2, -0.15) is 26.3 Å². The van der Waals surface area contributed by atoms with Crippen molar-refractivity contribution in [1.29, 1.82) is 0 Å². The maximum Gasteiger partial charge on any atom is 0.416 e. The van der Waals surface area contributed by atoms with Gasteiger partial charge in [-0.25, -0.2) is 19.6 Å². The number of halogens is 7. The first-order valence-electron chi connectivity index (χ1n) is 27.4. The number of piperazine rings is 2. The van der Waals surface area contributed by atoms with E-state index in [0.29, 0.717) is 40.2 Å². The number of thiophene rings is 2. The Morgan fingerprint density at radius 3 is 1.63 bits per heavy atom. The van der Waals surface area contributed by atoms with Crippen molar-refractivity contribution in [1.82, 2.24) is 39.5 Å². The summed E-state index contributed by atoms with van der Waals surface area (Å²) in [5.74, 6) is 2.79. The van der Waals surface area contributed by atoms with E-state index in [4.69, 9.17) is 23.1 Å². The number of nitro benzene ring substituents is 1. The molecule has 450 valence electrons. The minimum atomic E-state index is -4.31. The van der Waals surface area contributed by atoms with Crippen molar-refractivity contribution >= 4 is 83.0 Å². The Labute approximate surface area is 490 Å². The lowest BCUT2D eigenvalue weighted by Gasteiger charge is -2.36. The van der Waals surface area contributed by atoms with Crippen LogP contribution in [0.5, 0.6) is 5.75 Å². The molecule has 4 fully saturated rings. The predicted octanol–water partition coefficient (Wildman–Crippen LogP) is 10.7. The molecule has 2 amide bonds. The van der Waals surface area contributed by atoms with Crippen molar-refractivity contribution in [3.05, 3.63) is 130 Å². The van der Waals surface area contributed by atoms with Gasteiger partial charge in [0.05, 0.1) is 40.1 Å². The Bertz CT molecular complexity index is 3160. The van der Waals surface area contributed by atoms with Gasteiger partial charge in [0, 0.05) is 173 Å². The minimum Gasteiger partial charge on any atom is -0.414 e. The summed E-state index contributed by atoms with van der Waals surface area (Å²) in [6, 6.07) is 13.0. The number of benzene rings is 3. The molecular weight excluding hydrogens is 1150 g/mol. The normalized spacial score (nSPS) is 19.0. The predicted molar refractivity (Wildman–Crippen MR) is 314 cm³/mol. The number of amides is 2. The lowest BCUT2D eigenvalue weighted by Crippen LogP contribution is -2.47. The third kappa shape index (κ3) is 18.7. The number of aryl methyl sites for hydroxylation is 2. The summed E-state index contributed by atoms with van der Waals surface area (Å²) in [4.78, 5) is 49.4. The second-order valence-corrected chi connectivity index (χ2v) is 22.9. The SMILES string of the molecule is NCCCn1ccnc1.NC[C@@H]1CC1CN1CCN(c2csc3cc(C(F)(F)F)ccc23)CC1.O=C(Cl)Oc1ccc([N+](=O)[O-])cc1.O=C(NCCCn1ccnc1)NC[C@@H]1CC1CN1CCN(c2csc3cc(C(F)(F)F)ccc23)CC1.[HH]. The van der Waals surface area contributed by atoms with Crippen molar-refractivity contribution in [3.8, 4) is 5.75 Å². The first-order chi connectivity index (χ1) is 39.8. The molecule has 3 aromatic carbocycles. The number of nitrogens with two attached hydrogens (primary N) is 2. The molecule has 4 aromatic heterocycles. The van der Waals surface area contributed by atoms with E-state index in [2.05, 4.69) is 44.9 Å². The van der Waals surface area contributed by atoms with E-state index >= 15 is 0 Å². The molecule has 0 radical (unpaired) electrons. The van der Waals surface area contributed by atoms with Gasteiger partial charge in [0.25, 0.3) is 5.69 Å². The van der Waals surface area contributed by atoms with Gasteiger partial charge in [0.1, 0.15) is 5.75 Å². The monoisotopic (exact) mass is 1220 g/mol. The van der Waals surface area contributed by atoms with Gasteiger partial charge in [0.15, 0.2) is 0 Å². The zero-order valence-electron chi connectivity index (χ0n) is 45.5. The Balaban J connectivity index is 0.000000181. The molecule has 6 heterocycles. The topological polar surface area (TPSA) is 211 Å². The second-order valence-electron chi connectivity index (χ2n) is 20.8. The summed E-state index contributed by atoms with van der Waals surface area (Å²) in [5, 5.41) is 21.9. The lowest BCUT2D eigenvalue weighted by atomic mass is 10.1. The van der Waals surface area contributed by atoms with Gasteiger partial charge in [-0.05, 0) is 98.8 Å². The van der Waals surface area contributed by atoms with Crippen LogP contribution in [0, 0.1) is 33.8 Å². The number of ether oxygens (including phenoxy) is 1. The number of urea groups is 1. The Morgan fingerprint density at radius 2 is 1.19 bits per heavy atom. The molecule has 0 bridgehead atoms. The molecule has 0 spiro atoms. The number of alkyl halides is 6. The first kappa shape index (κ1) is 62.5. The van der Waals surface area contributed by atoms with Crippen LogP contribution in [0.2, 0.25) is 0 Å². The number of carbonyl (C=O) groups excluding carboxylic acids is 2. The summed E-state index contributed by atoms with van der Waals surface area (Å²) in [7, 11) is 0. The standard InChI is InChI=1S/C25H31F3N6OS.C18H22F3N3S.C7H4ClNO4.C6H11N3.H2/c26-25(27,28)20-2-3-21-22(16-36-23(21)13-20)34-10-8-32(9-11-34)15-19-12-18(19)14-31-24(35)30-4-1-6-33-7-5-29-17-33;19-18(20,21)14-1-2-15-16(11-25-17(15)8-14)24-5-3-23(4-6-24)10-13-7-12(13)9-22;8-7(10)13-6-3-1-5(2-4-6)9(11)12;7-2-1-4-9-5-3-8-6-9;/h2-3,5,7,13,16-19H,1,4,6,8-12,14-15H2,(H2,30,31,35);1-2,8,11-13H,3-7,9-10,22H2;1-4H;3,5-6H,1-2,4,7H2;1H/t18-,19?;12-,13?;;;/m00.../s1. The number of fused-ring (bicyclic) bond motifs is 2.